The van der Waals surface area contributed by atoms with Gasteiger partial charge >= 0.3 is 0 Å². The van der Waals surface area contributed by atoms with Crippen LogP contribution in [0.5, 0.6) is 5.75 Å². The Morgan fingerprint density at radius 3 is 1.48 bits per heavy atom. The van der Waals surface area contributed by atoms with E-state index in [9.17, 15) is 30.7 Å². The van der Waals surface area contributed by atoms with Crippen LogP contribution in [0.1, 0.15) is 11.1 Å². The van der Waals surface area contributed by atoms with Crippen molar-refractivity contribution in [2.24, 2.45) is 0 Å². The van der Waals surface area contributed by atoms with Crippen LogP contribution in [-0.2, 0) is 0 Å². The van der Waals surface area contributed by atoms with Gasteiger partial charge in [-0.05, 0) is 37.1 Å². The molecule has 3 rings (SSSR count). The van der Waals surface area contributed by atoms with Gasteiger partial charge < -0.3 is 4.74 Å². The average Bonchev–Trinajstić information content (AvgIpc) is 2.70. The number of methoxy groups -OCH3 is 1. The summed E-state index contributed by atoms with van der Waals surface area (Å²) in [4.78, 5) is 0. The summed E-state index contributed by atoms with van der Waals surface area (Å²) in [6.07, 6.45) is 0. The van der Waals surface area contributed by atoms with Gasteiger partial charge in [0, 0.05) is 17.6 Å². The highest BCUT2D eigenvalue weighted by Gasteiger charge is 2.37. The third kappa shape index (κ3) is 3.75. The summed E-state index contributed by atoms with van der Waals surface area (Å²) in [5, 5.41) is 0. The summed E-state index contributed by atoms with van der Waals surface area (Å²) in [5.41, 5.74) is -2.76. The van der Waals surface area contributed by atoms with Crippen molar-refractivity contribution in [1.29, 1.82) is 0 Å². The Morgan fingerprint density at radius 2 is 1.06 bits per heavy atom. The third-order valence-corrected chi connectivity index (χ3v) is 5.07. The van der Waals surface area contributed by atoms with E-state index in [-0.39, 0.29) is 11.1 Å². The molecule has 0 heterocycles. The van der Waals surface area contributed by atoms with Crippen LogP contribution in [0.3, 0.4) is 0 Å². The average molecular weight is 444 g/mol. The number of hydrogen-bond donors (Lipinski definition) is 0. The number of hydrogen-bond acceptors (Lipinski definition) is 1. The first-order valence-electron chi connectivity index (χ1n) is 8.80. The Hall–Kier alpha value is -3.04. The van der Waals surface area contributed by atoms with Crippen LogP contribution in [0, 0.1) is 60.4 Å². The number of benzene rings is 3. The monoisotopic (exact) mass is 444 g/mol. The zero-order valence-electron chi connectivity index (χ0n) is 16.3. The van der Waals surface area contributed by atoms with Gasteiger partial charge in [-0.3, -0.25) is 0 Å². The summed E-state index contributed by atoms with van der Waals surface area (Å²) in [6, 6.07) is 2.37. The van der Waals surface area contributed by atoms with Gasteiger partial charge in [0.2, 0.25) is 12.5 Å². The molecule has 0 saturated heterocycles. The molecule has 1 nitrogen and oxygen atoms in total. The fourth-order valence-electron chi connectivity index (χ4n) is 3.47. The third-order valence-electron chi connectivity index (χ3n) is 5.07. The van der Waals surface area contributed by atoms with E-state index in [4.69, 9.17) is 0 Å². The van der Waals surface area contributed by atoms with Crippen molar-refractivity contribution < 1.29 is 39.9 Å². The highest BCUT2D eigenvalue weighted by atomic mass is 19.2. The lowest BCUT2D eigenvalue weighted by atomic mass is 9.35. The van der Waals surface area contributed by atoms with E-state index < -0.39 is 75.4 Å². The van der Waals surface area contributed by atoms with E-state index in [1.165, 1.54) is 0 Å². The second kappa shape index (κ2) is 8.24. The second-order valence-electron chi connectivity index (χ2n) is 6.84. The highest BCUT2D eigenvalue weighted by Crippen LogP contribution is 2.25. The molecular weight excluding hydrogens is 431 g/mol. The number of rotatable bonds is 4. The topological polar surface area (TPSA) is 9.23 Å². The summed E-state index contributed by atoms with van der Waals surface area (Å²) in [6.45, 7) is 0.323. The zero-order chi connectivity index (χ0) is 23.2. The first-order chi connectivity index (χ1) is 14.5. The van der Waals surface area contributed by atoms with Crippen molar-refractivity contribution in [3.05, 3.63) is 81.9 Å². The van der Waals surface area contributed by atoms with Crippen molar-refractivity contribution in [1.82, 2.24) is 0 Å². The van der Waals surface area contributed by atoms with E-state index in [1.807, 2.05) is 0 Å². The molecule has 162 valence electrons. The van der Waals surface area contributed by atoms with Crippen molar-refractivity contribution in [3.8, 4) is 5.75 Å². The minimum atomic E-state index is -2.12. The Labute approximate surface area is 172 Å². The molecule has 0 aliphatic rings. The maximum absolute atomic E-state index is 15.1. The van der Waals surface area contributed by atoms with Crippen LogP contribution in [0.4, 0.5) is 35.1 Å². The van der Waals surface area contributed by atoms with Gasteiger partial charge in [-0.1, -0.05) is 10.9 Å². The standard InChI is InChI=1S/C21H13BF8O/c1-8-12(4-10(23)6-14(8)25)22(13-5-11(24)7-15(26)9(13)2)16-17(27)19(29)20(30)21(31-3)18(16)28/h4-7H,1-3H3. The molecule has 0 aliphatic heterocycles. The largest absolute Gasteiger partial charge is 0.491 e. The molecule has 0 aromatic heterocycles. The number of ether oxygens (including phenoxy) is 1. The van der Waals surface area contributed by atoms with E-state index >= 15 is 4.39 Å². The summed E-state index contributed by atoms with van der Waals surface area (Å²) < 4.78 is 119. The molecule has 10 heteroatoms. The molecule has 0 spiro atoms. The van der Waals surface area contributed by atoms with Crippen LogP contribution in [0.15, 0.2) is 24.3 Å². The summed E-state index contributed by atoms with van der Waals surface area (Å²) >= 11 is 0. The molecule has 0 fully saturated rings. The van der Waals surface area contributed by atoms with E-state index in [2.05, 4.69) is 4.74 Å². The molecule has 0 N–H and O–H groups in total. The van der Waals surface area contributed by atoms with Gasteiger partial charge in [0.05, 0.1) is 7.11 Å². The van der Waals surface area contributed by atoms with Crippen molar-refractivity contribution in [2.45, 2.75) is 13.8 Å². The lowest BCUT2D eigenvalue weighted by Gasteiger charge is -2.22. The van der Waals surface area contributed by atoms with Crippen LogP contribution >= 0.6 is 0 Å². The maximum Gasteiger partial charge on any atom is 0.250 e. The van der Waals surface area contributed by atoms with Gasteiger partial charge in [-0.25, -0.2) is 30.7 Å². The first kappa shape index (κ1) is 22.6. The Balaban J connectivity index is 2.53. The molecule has 0 amide bonds. The minimum Gasteiger partial charge on any atom is -0.491 e. The van der Waals surface area contributed by atoms with Crippen LogP contribution in [0.2, 0.25) is 0 Å². The molecule has 0 unspecified atom stereocenters. The summed E-state index contributed by atoms with van der Waals surface area (Å²) in [5.74, 6) is -13.7. The van der Waals surface area contributed by atoms with E-state index in [1.54, 1.807) is 0 Å². The Morgan fingerprint density at radius 1 is 0.613 bits per heavy atom. The lowest BCUT2D eigenvalue weighted by molar-refractivity contribution is 0.338. The van der Waals surface area contributed by atoms with E-state index in [0.717, 1.165) is 21.0 Å². The minimum absolute atomic E-state index is 0.321. The van der Waals surface area contributed by atoms with Crippen molar-refractivity contribution in [2.75, 3.05) is 7.11 Å². The van der Waals surface area contributed by atoms with Crippen LogP contribution in [0.25, 0.3) is 0 Å². The van der Waals surface area contributed by atoms with Gasteiger partial charge in [0.1, 0.15) is 23.3 Å². The van der Waals surface area contributed by atoms with Gasteiger partial charge in [0.15, 0.2) is 23.2 Å². The van der Waals surface area contributed by atoms with E-state index in [0.29, 0.717) is 24.3 Å². The van der Waals surface area contributed by atoms with Gasteiger partial charge in [0.25, 0.3) is 0 Å². The van der Waals surface area contributed by atoms with Crippen molar-refractivity contribution in [3.63, 3.8) is 0 Å². The predicted octanol–water partition coefficient (Wildman–Crippen LogP) is 3.94. The molecule has 0 atom stereocenters. The molecule has 0 radical (unpaired) electrons. The predicted molar refractivity (Wildman–Crippen MR) is 99.7 cm³/mol. The molecule has 3 aromatic rings. The quantitative estimate of drug-likeness (QED) is 0.257. The molecular formula is C21H13BF8O. The molecule has 0 bridgehead atoms. The smallest absolute Gasteiger partial charge is 0.250 e. The maximum atomic E-state index is 15.1. The highest BCUT2D eigenvalue weighted by molar-refractivity contribution is 6.96. The van der Waals surface area contributed by atoms with Gasteiger partial charge in [-0.15, -0.1) is 0 Å². The first-order valence-corrected chi connectivity index (χ1v) is 8.80. The number of halogens is 8. The van der Waals surface area contributed by atoms with Crippen molar-refractivity contribution >= 4 is 23.1 Å². The fraction of sp³-hybridized carbons (Fsp3) is 0.143. The Bertz CT molecular complexity index is 1140. The zero-order valence-corrected chi connectivity index (χ0v) is 16.3. The summed E-state index contributed by atoms with van der Waals surface area (Å²) in [7, 11) is 0.790. The molecule has 0 saturated carbocycles. The fourth-order valence-corrected chi connectivity index (χ4v) is 3.47. The molecule has 3 aromatic carbocycles. The normalized spacial score (nSPS) is 11.1. The lowest BCUT2D eigenvalue weighted by Crippen LogP contribution is -2.57. The van der Waals surface area contributed by atoms with Crippen LogP contribution in [-0.4, -0.2) is 13.8 Å². The van der Waals surface area contributed by atoms with Crippen LogP contribution < -0.4 is 21.1 Å². The Kier molecular flexibility index (Phi) is 6.02. The SMILES string of the molecule is COc1c(F)c(F)c(F)c(B(c2cc(F)cc(F)c2C)c2cc(F)cc(F)c2C)c1F. The molecule has 31 heavy (non-hydrogen) atoms. The van der Waals surface area contributed by atoms with Gasteiger partial charge in [-0.2, -0.15) is 4.39 Å². The second-order valence-corrected chi connectivity index (χ2v) is 6.84. The molecule has 0 aliphatic carbocycles.